The third-order valence-electron chi connectivity index (χ3n) is 5.73. The number of carbonyl (C=O) groups is 1. The summed E-state index contributed by atoms with van der Waals surface area (Å²) in [6.07, 6.45) is 1.72. The Morgan fingerprint density at radius 2 is 2.09 bits per heavy atom. The van der Waals surface area contributed by atoms with E-state index in [1.165, 1.54) is 22.5 Å². The number of nitrogens with one attached hydrogen (secondary N) is 1. The Morgan fingerprint density at radius 1 is 1.27 bits per heavy atom. The third-order valence-corrected chi connectivity index (χ3v) is 7.63. The van der Waals surface area contributed by atoms with Gasteiger partial charge in [0, 0.05) is 38.9 Å². The van der Waals surface area contributed by atoms with Crippen LogP contribution in [-0.4, -0.2) is 59.9 Å². The fourth-order valence-corrected chi connectivity index (χ4v) is 5.68. The number of hydrogen-bond acceptors (Lipinski definition) is 6. The SMILES string of the molecule is COCCCn1nnc2cc(S(=O)(=O)N3CCC[C@H]3C(=O)NCc3ccccc3F)ccc21. The zero-order valence-electron chi connectivity index (χ0n) is 18.3. The first-order chi connectivity index (χ1) is 15.9. The number of aryl methyl sites for hydroxylation is 1. The first-order valence-corrected chi connectivity index (χ1v) is 12.2. The lowest BCUT2D eigenvalue weighted by atomic mass is 10.2. The standard InChI is InChI=1S/C22H26FN5O4S/c1-32-13-5-11-27-20-10-9-17(14-19(20)25-26-27)33(30,31)28-12-4-8-21(28)22(29)24-15-16-6-2-3-7-18(16)23/h2-3,6-7,9-10,14,21H,4-5,8,11-13,15H2,1H3,(H,24,29)/t21-/m0/s1. The van der Waals surface area contributed by atoms with Gasteiger partial charge in [0.25, 0.3) is 0 Å². The molecule has 0 radical (unpaired) electrons. The lowest BCUT2D eigenvalue weighted by Gasteiger charge is -2.23. The quantitative estimate of drug-likeness (QED) is 0.475. The second-order valence-corrected chi connectivity index (χ2v) is 9.78. The van der Waals surface area contributed by atoms with E-state index in [2.05, 4.69) is 15.6 Å². The number of amides is 1. The molecule has 1 aromatic heterocycles. The Bertz CT molecular complexity index is 1250. The van der Waals surface area contributed by atoms with Gasteiger partial charge in [-0.05, 0) is 43.5 Å². The van der Waals surface area contributed by atoms with Crippen LogP contribution in [-0.2, 0) is 32.6 Å². The molecule has 1 aliphatic rings. The van der Waals surface area contributed by atoms with Gasteiger partial charge in [-0.2, -0.15) is 4.31 Å². The Morgan fingerprint density at radius 3 is 2.88 bits per heavy atom. The maximum atomic E-state index is 13.8. The van der Waals surface area contributed by atoms with Crippen LogP contribution in [0.15, 0.2) is 47.4 Å². The first kappa shape index (κ1) is 23.3. The predicted molar refractivity (Wildman–Crippen MR) is 119 cm³/mol. The van der Waals surface area contributed by atoms with Gasteiger partial charge in [-0.15, -0.1) is 5.10 Å². The number of methoxy groups -OCH3 is 1. The summed E-state index contributed by atoms with van der Waals surface area (Å²) in [5.74, 6) is -0.859. The molecule has 0 spiro atoms. The molecule has 0 unspecified atom stereocenters. The molecule has 11 heteroatoms. The summed E-state index contributed by atoms with van der Waals surface area (Å²) in [5, 5.41) is 10.9. The number of nitrogens with zero attached hydrogens (tertiary/aromatic N) is 4. The second kappa shape index (κ2) is 9.94. The summed E-state index contributed by atoms with van der Waals surface area (Å²) in [6.45, 7) is 1.42. The Hall–Kier alpha value is -2.89. The molecule has 1 saturated heterocycles. The molecule has 1 fully saturated rings. The summed E-state index contributed by atoms with van der Waals surface area (Å²) in [7, 11) is -2.30. The molecule has 2 heterocycles. The minimum Gasteiger partial charge on any atom is -0.385 e. The van der Waals surface area contributed by atoms with Crippen LogP contribution in [0, 0.1) is 5.82 Å². The van der Waals surface area contributed by atoms with E-state index >= 15 is 0 Å². The van der Waals surface area contributed by atoms with E-state index in [-0.39, 0.29) is 18.0 Å². The van der Waals surface area contributed by atoms with Gasteiger partial charge in [0.1, 0.15) is 17.4 Å². The average molecular weight is 476 g/mol. The number of halogens is 1. The van der Waals surface area contributed by atoms with Crippen molar-refractivity contribution in [1.29, 1.82) is 0 Å². The lowest BCUT2D eigenvalue weighted by molar-refractivity contribution is -0.124. The highest BCUT2D eigenvalue weighted by atomic mass is 32.2. The third kappa shape index (κ3) is 4.90. The maximum Gasteiger partial charge on any atom is 0.243 e. The fraction of sp³-hybridized carbons (Fsp3) is 0.409. The zero-order valence-corrected chi connectivity index (χ0v) is 19.1. The van der Waals surface area contributed by atoms with E-state index in [0.717, 1.165) is 11.9 Å². The van der Waals surface area contributed by atoms with Crippen LogP contribution in [0.1, 0.15) is 24.8 Å². The Kier molecular flexibility index (Phi) is 7.01. The molecule has 33 heavy (non-hydrogen) atoms. The van der Waals surface area contributed by atoms with Crippen molar-refractivity contribution in [2.75, 3.05) is 20.3 Å². The summed E-state index contributed by atoms with van der Waals surface area (Å²) in [4.78, 5) is 12.8. The van der Waals surface area contributed by atoms with Crippen LogP contribution >= 0.6 is 0 Å². The van der Waals surface area contributed by atoms with Crippen molar-refractivity contribution in [2.24, 2.45) is 0 Å². The number of carbonyl (C=O) groups excluding carboxylic acids is 1. The van der Waals surface area contributed by atoms with Crippen molar-refractivity contribution in [3.63, 3.8) is 0 Å². The Labute approximate surface area is 191 Å². The number of hydrogen-bond donors (Lipinski definition) is 1. The van der Waals surface area contributed by atoms with Crippen molar-refractivity contribution in [1.82, 2.24) is 24.6 Å². The zero-order chi connectivity index (χ0) is 23.4. The van der Waals surface area contributed by atoms with Gasteiger partial charge in [-0.25, -0.2) is 17.5 Å². The number of ether oxygens (including phenoxy) is 1. The highest BCUT2D eigenvalue weighted by molar-refractivity contribution is 7.89. The Balaban J connectivity index is 1.50. The van der Waals surface area contributed by atoms with Crippen molar-refractivity contribution in [3.8, 4) is 0 Å². The summed E-state index contributed by atoms with van der Waals surface area (Å²) in [6, 6.07) is 9.98. The molecule has 1 N–H and O–H groups in total. The maximum absolute atomic E-state index is 13.8. The van der Waals surface area contributed by atoms with E-state index in [4.69, 9.17) is 4.74 Å². The van der Waals surface area contributed by atoms with Gasteiger partial charge in [-0.1, -0.05) is 23.4 Å². The van der Waals surface area contributed by atoms with Crippen LogP contribution in [0.25, 0.3) is 11.0 Å². The van der Waals surface area contributed by atoms with Crippen molar-refractivity contribution in [2.45, 2.75) is 43.3 Å². The monoisotopic (exact) mass is 475 g/mol. The van der Waals surface area contributed by atoms with Crippen LogP contribution in [0.4, 0.5) is 4.39 Å². The molecule has 0 aliphatic carbocycles. The van der Waals surface area contributed by atoms with Gasteiger partial charge < -0.3 is 10.1 Å². The normalized spacial score (nSPS) is 17.0. The largest absolute Gasteiger partial charge is 0.385 e. The van der Waals surface area contributed by atoms with Gasteiger partial charge in [0.15, 0.2) is 0 Å². The number of benzene rings is 2. The lowest BCUT2D eigenvalue weighted by Crippen LogP contribution is -2.45. The minimum absolute atomic E-state index is 0.00592. The predicted octanol–water partition coefficient (Wildman–Crippen LogP) is 2.08. The number of sulfonamides is 1. The first-order valence-electron chi connectivity index (χ1n) is 10.8. The van der Waals surface area contributed by atoms with Gasteiger partial charge in [0.2, 0.25) is 15.9 Å². The molecule has 3 aromatic rings. The van der Waals surface area contributed by atoms with E-state index in [9.17, 15) is 17.6 Å². The fourth-order valence-electron chi connectivity index (χ4n) is 4.00. The van der Waals surface area contributed by atoms with Crippen LogP contribution in [0.3, 0.4) is 0 Å². The summed E-state index contributed by atoms with van der Waals surface area (Å²) in [5.41, 5.74) is 1.54. The molecule has 2 aromatic carbocycles. The van der Waals surface area contributed by atoms with Gasteiger partial charge >= 0.3 is 0 Å². The molecule has 4 rings (SSSR count). The molecule has 9 nitrogen and oxygen atoms in total. The van der Waals surface area contributed by atoms with E-state index in [1.54, 1.807) is 36.1 Å². The van der Waals surface area contributed by atoms with Crippen molar-refractivity contribution < 1.29 is 22.3 Å². The van der Waals surface area contributed by atoms with Crippen LogP contribution in [0.5, 0.6) is 0 Å². The molecule has 0 saturated carbocycles. The number of rotatable bonds is 9. The average Bonchev–Trinajstić information content (AvgIpc) is 3.46. The number of fused-ring (bicyclic) bond motifs is 1. The molecular formula is C22H26FN5O4S. The van der Waals surface area contributed by atoms with Gasteiger partial charge in [-0.3, -0.25) is 4.79 Å². The highest BCUT2D eigenvalue weighted by Crippen LogP contribution is 2.28. The van der Waals surface area contributed by atoms with Crippen molar-refractivity contribution in [3.05, 3.63) is 53.8 Å². The highest BCUT2D eigenvalue weighted by Gasteiger charge is 2.39. The van der Waals surface area contributed by atoms with Crippen molar-refractivity contribution >= 4 is 27.0 Å². The van der Waals surface area contributed by atoms with E-state index in [0.29, 0.717) is 37.1 Å². The molecule has 1 amide bonds. The smallest absolute Gasteiger partial charge is 0.243 e. The van der Waals surface area contributed by atoms with Gasteiger partial charge in [0.05, 0.1) is 10.4 Å². The molecule has 0 bridgehead atoms. The number of aromatic nitrogens is 3. The van der Waals surface area contributed by atoms with Crippen LogP contribution in [0.2, 0.25) is 0 Å². The van der Waals surface area contributed by atoms with E-state index in [1.807, 2.05) is 0 Å². The molecule has 1 atom stereocenters. The molecule has 176 valence electrons. The van der Waals surface area contributed by atoms with E-state index < -0.39 is 27.8 Å². The van der Waals surface area contributed by atoms with Crippen LogP contribution < -0.4 is 5.32 Å². The summed E-state index contributed by atoms with van der Waals surface area (Å²) < 4.78 is 48.5. The summed E-state index contributed by atoms with van der Waals surface area (Å²) >= 11 is 0. The minimum atomic E-state index is -3.93. The topological polar surface area (TPSA) is 106 Å². The molecular weight excluding hydrogens is 449 g/mol. The molecule has 1 aliphatic heterocycles. The second-order valence-electron chi connectivity index (χ2n) is 7.89.